The van der Waals surface area contributed by atoms with Crippen molar-refractivity contribution in [3.8, 4) is 6.07 Å². The number of amides is 1. The third-order valence-electron chi connectivity index (χ3n) is 3.58. The molecule has 24 heavy (non-hydrogen) atoms. The van der Waals surface area contributed by atoms with E-state index in [1.165, 1.54) is 18.3 Å². The normalized spacial score (nSPS) is 12.7. The molecular weight excluding hydrogens is 309 g/mol. The third kappa shape index (κ3) is 4.46. The second-order valence-corrected chi connectivity index (χ2v) is 5.39. The van der Waals surface area contributed by atoms with Gasteiger partial charge < -0.3 is 5.32 Å². The average Bonchev–Trinajstić information content (AvgIpc) is 2.57. The summed E-state index contributed by atoms with van der Waals surface area (Å²) in [5.74, 6) is -2.90. The van der Waals surface area contributed by atoms with Gasteiger partial charge in [0.05, 0.1) is 6.07 Å². The van der Waals surface area contributed by atoms with E-state index in [0.717, 1.165) is 5.56 Å². The molecule has 0 spiro atoms. The van der Waals surface area contributed by atoms with E-state index in [-0.39, 0.29) is 24.0 Å². The number of halogens is 1. The predicted octanol–water partition coefficient (Wildman–Crippen LogP) is 3.06. The number of benzene rings is 1. The smallest absolute Gasteiger partial charge is 0.250 e. The second kappa shape index (κ2) is 7.97. The van der Waals surface area contributed by atoms with E-state index in [9.17, 15) is 14.0 Å². The largest absolute Gasteiger partial charge is 0.309 e. The Kier molecular flexibility index (Phi) is 5.74. The fourth-order valence-corrected chi connectivity index (χ4v) is 2.24. The van der Waals surface area contributed by atoms with E-state index < -0.39 is 17.6 Å². The Morgan fingerprint density at radius 2 is 1.96 bits per heavy atom. The maximum atomic E-state index is 12.9. The molecule has 0 saturated carbocycles. The standard InChI is InChI=1S/C18H16FN3O2/c1-12(13-5-7-14(19)8-6-13)10-16(23)15(11-20)18(24)22-17-4-2-3-9-21-17/h2-9,12,15H,10H2,1H3,(H,21,22,24)/t12-,15+/m1/s1. The Hall–Kier alpha value is -3.07. The van der Waals surface area contributed by atoms with Gasteiger partial charge in [-0.15, -0.1) is 0 Å². The number of carbonyl (C=O) groups is 2. The summed E-state index contributed by atoms with van der Waals surface area (Å²) in [6.07, 6.45) is 1.51. The Balaban J connectivity index is 2.01. The lowest BCUT2D eigenvalue weighted by atomic mass is 9.91. The molecule has 0 aliphatic carbocycles. The van der Waals surface area contributed by atoms with Gasteiger partial charge in [-0.3, -0.25) is 9.59 Å². The van der Waals surface area contributed by atoms with Crippen LogP contribution in [0.3, 0.4) is 0 Å². The molecule has 0 bridgehead atoms. The van der Waals surface area contributed by atoms with Gasteiger partial charge >= 0.3 is 0 Å². The lowest BCUT2D eigenvalue weighted by Gasteiger charge is -2.13. The number of anilines is 1. The molecule has 0 aliphatic rings. The van der Waals surface area contributed by atoms with Crippen LogP contribution in [0, 0.1) is 23.1 Å². The van der Waals surface area contributed by atoms with E-state index in [1.54, 1.807) is 43.3 Å². The number of nitrogens with one attached hydrogen (secondary N) is 1. The maximum Gasteiger partial charge on any atom is 0.250 e. The van der Waals surface area contributed by atoms with Gasteiger partial charge in [-0.1, -0.05) is 25.1 Å². The van der Waals surface area contributed by atoms with Crippen LogP contribution < -0.4 is 5.32 Å². The zero-order valence-electron chi connectivity index (χ0n) is 13.1. The number of aromatic nitrogens is 1. The van der Waals surface area contributed by atoms with E-state index in [2.05, 4.69) is 10.3 Å². The first-order valence-electron chi connectivity index (χ1n) is 7.41. The van der Waals surface area contributed by atoms with Crippen molar-refractivity contribution in [2.24, 2.45) is 5.92 Å². The molecule has 2 aromatic rings. The lowest BCUT2D eigenvalue weighted by molar-refractivity contribution is -0.129. The van der Waals surface area contributed by atoms with Crippen LogP contribution in [0.15, 0.2) is 48.7 Å². The number of carbonyl (C=O) groups excluding carboxylic acids is 2. The highest BCUT2D eigenvalue weighted by atomic mass is 19.1. The summed E-state index contributed by atoms with van der Waals surface area (Å²) in [5.41, 5.74) is 0.770. The number of nitriles is 1. The highest BCUT2D eigenvalue weighted by molar-refractivity contribution is 6.09. The minimum Gasteiger partial charge on any atom is -0.309 e. The first-order chi connectivity index (χ1) is 11.5. The molecule has 0 radical (unpaired) electrons. The monoisotopic (exact) mass is 325 g/mol. The van der Waals surface area contributed by atoms with Crippen LogP contribution in [0.2, 0.25) is 0 Å². The SMILES string of the molecule is C[C@H](CC(=O)[C@H](C#N)C(=O)Nc1ccccn1)c1ccc(F)cc1. The van der Waals surface area contributed by atoms with Crippen LogP contribution in [-0.2, 0) is 9.59 Å². The third-order valence-corrected chi connectivity index (χ3v) is 3.58. The zero-order chi connectivity index (χ0) is 17.5. The molecule has 5 nitrogen and oxygen atoms in total. The number of rotatable bonds is 6. The van der Waals surface area contributed by atoms with Gasteiger partial charge in [0, 0.05) is 12.6 Å². The molecule has 6 heteroatoms. The first-order valence-corrected chi connectivity index (χ1v) is 7.41. The molecule has 0 unspecified atom stereocenters. The van der Waals surface area contributed by atoms with Crippen molar-refractivity contribution in [2.45, 2.75) is 19.3 Å². The Morgan fingerprint density at radius 1 is 1.25 bits per heavy atom. The van der Waals surface area contributed by atoms with Crippen LogP contribution in [0.4, 0.5) is 10.2 Å². The highest BCUT2D eigenvalue weighted by Gasteiger charge is 2.28. The van der Waals surface area contributed by atoms with E-state index in [4.69, 9.17) is 5.26 Å². The number of hydrogen-bond donors (Lipinski definition) is 1. The summed E-state index contributed by atoms with van der Waals surface area (Å²) in [7, 11) is 0. The Labute approximate surface area is 139 Å². The molecule has 0 saturated heterocycles. The zero-order valence-corrected chi connectivity index (χ0v) is 13.1. The van der Waals surface area contributed by atoms with E-state index in [0.29, 0.717) is 0 Å². The van der Waals surface area contributed by atoms with Crippen molar-refractivity contribution in [3.63, 3.8) is 0 Å². The Morgan fingerprint density at radius 3 is 2.54 bits per heavy atom. The minimum atomic E-state index is -1.41. The molecule has 1 aromatic heterocycles. The molecule has 0 fully saturated rings. The van der Waals surface area contributed by atoms with Gasteiger partial charge in [0.1, 0.15) is 11.6 Å². The molecule has 122 valence electrons. The van der Waals surface area contributed by atoms with Gasteiger partial charge in [-0.05, 0) is 35.7 Å². The highest BCUT2D eigenvalue weighted by Crippen LogP contribution is 2.21. The minimum absolute atomic E-state index is 0.0134. The van der Waals surface area contributed by atoms with Gasteiger partial charge in [0.15, 0.2) is 11.7 Å². The Bertz CT molecular complexity index is 754. The second-order valence-electron chi connectivity index (χ2n) is 5.39. The average molecular weight is 325 g/mol. The molecular formula is C18H16FN3O2. The number of pyridine rings is 1. The summed E-state index contributed by atoms with van der Waals surface area (Å²) in [5, 5.41) is 11.6. The summed E-state index contributed by atoms with van der Waals surface area (Å²) in [6.45, 7) is 1.79. The van der Waals surface area contributed by atoms with Crippen molar-refractivity contribution < 1.29 is 14.0 Å². The predicted molar refractivity (Wildman–Crippen MR) is 86.4 cm³/mol. The lowest BCUT2D eigenvalue weighted by Crippen LogP contribution is -2.29. The molecule has 1 heterocycles. The molecule has 0 aliphatic heterocycles. The van der Waals surface area contributed by atoms with Crippen LogP contribution in [0.1, 0.15) is 24.8 Å². The summed E-state index contributed by atoms with van der Waals surface area (Å²) >= 11 is 0. The number of nitrogens with zero attached hydrogens (tertiary/aromatic N) is 2. The number of hydrogen-bond acceptors (Lipinski definition) is 4. The molecule has 2 rings (SSSR count). The van der Waals surface area contributed by atoms with Crippen molar-refractivity contribution in [2.75, 3.05) is 5.32 Å². The van der Waals surface area contributed by atoms with Crippen LogP contribution in [0.25, 0.3) is 0 Å². The van der Waals surface area contributed by atoms with Crippen LogP contribution in [-0.4, -0.2) is 16.7 Å². The number of Topliss-reactive ketones (excluding diaryl/α,β-unsaturated/α-hetero) is 1. The quantitative estimate of drug-likeness (QED) is 0.827. The van der Waals surface area contributed by atoms with Crippen LogP contribution >= 0.6 is 0 Å². The molecule has 1 aromatic carbocycles. The molecule has 1 N–H and O–H groups in total. The van der Waals surface area contributed by atoms with Gasteiger partial charge in [-0.2, -0.15) is 5.26 Å². The van der Waals surface area contributed by atoms with Crippen molar-refractivity contribution in [3.05, 3.63) is 60.0 Å². The first kappa shape index (κ1) is 17.3. The summed E-state index contributed by atoms with van der Waals surface area (Å²) in [4.78, 5) is 28.3. The molecule has 1 amide bonds. The molecule has 2 atom stereocenters. The van der Waals surface area contributed by atoms with Crippen molar-refractivity contribution >= 4 is 17.5 Å². The van der Waals surface area contributed by atoms with Crippen LogP contribution in [0.5, 0.6) is 0 Å². The fourth-order valence-electron chi connectivity index (χ4n) is 2.24. The van der Waals surface area contributed by atoms with Crippen molar-refractivity contribution in [1.29, 1.82) is 5.26 Å². The maximum absolute atomic E-state index is 12.9. The van der Waals surface area contributed by atoms with Gasteiger partial charge in [-0.25, -0.2) is 9.37 Å². The number of ketones is 1. The topological polar surface area (TPSA) is 82.8 Å². The summed E-state index contributed by atoms with van der Waals surface area (Å²) in [6, 6.07) is 12.5. The summed E-state index contributed by atoms with van der Waals surface area (Å²) < 4.78 is 12.9. The van der Waals surface area contributed by atoms with Gasteiger partial charge in [0.25, 0.3) is 5.91 Å². The fraction of sp³-hybridized carbons (Fsp3) is 0.222. The van der Waals surface area contributed by atoms with Crippen molar-refractivity contribution in [1.82, 2.24) is 4.98 Å². The van der Waals surface area contributed by atoms with Gasteiger partial charge in [0.2, 0.25) is 0 Å². The van der Waals surface area contributed by atoms with E-state index >= 15 is 0 Å². The van der Waals surface area contributed by atoms with E-state index in [1.807, 2.05) is 0 Å².